The predicted molar refractivity (Wildman–Crippen MR) is 75.4 cm³/mol. The fourth-order valence-electron chi connectivity index (χ4n) is 2.67. The van der Waals surface area contributed by atoms with Crippen molar-refractivity contribution in [3.8, 4) is 0 Å². The lowest BCUT2D eigenvalue weighted by atomic mass is 10.3. The first-order valence-corrected chi connectivity index (χ1v) is 6.87. The van der Waals surface area contributed by atoms with Crippen LogP contribution in [0.4, 0.5) is 0 Å². The lowest BCUT2D eigenvalue weighted by molar-refractivity contribution is 0.306. The molecule has 0 aliphatic carbocycles. The maximum atomic E-state index is 12.0. The van der Waals surface area contributed by atoms with Crippen LogP contribution >= 0.6 is 0 Å². The van der Waals surface area contributed by atoms with Gasteiger partial charge in [0.2, 0.25) is 0 Å². The van der Waals surface area contributed by atoms with E-state index in [9.17, 15) is 4.79 Å². The monoisotopic (exact) mass is 273 g/mol. The van der Waals surface area contributed by atoms with Crippen LogP contribution in [0, 0.1) is 6.92 Å². The topological polar surface area (TPSA) is 56.0 Å². The van der Waals surface area contributed by atoms with E-state index in [2.05, 4.69) is 21.2 Å². The van der Waals surface area contributed by atoms with Crippen molar-refractivity contribution >= 4 is 0 Å². The van der Waals surface area contributed by atoms with Crippen LogP contribution in [0.5, 0.6) is 0 Å². The molecule has 0 aromatic carbocycles. The number of aromatic nitrogens is 4. The second-order valence-electron chi connectivity index (χ2n) is 5.47. The first-order valence-electron chi connectivity index (χ1n) is 6.87. The first kappa shape index (κ1) is 13.1. The van der Waals surface area contributed by atoms with Crippen molar-refractivity contribution in [2.45, 2.75) is 25.9 Å². The van der Waals surface area contributed by atoms with Gasteiger partial charge in [-0.05, 0) is 18.9 Å². The van der Waals surface area contributed by atoms with E-state index in [1.165, 1.54) is 5.56 Å². The third kappa shape index (κ3) is 2.51. The molecule has 6 nitrogen and oxygen atoms in total. The van der Waals surface area contributed by atoms with Crippen molar-refractivity contribution in [1.82, 2.24) is 24.2 Å². The number of hydrogen-bond acceptors (Lipinski definition) is 4. The molecule has 1 unspecified atom stereocenters. The molecule has 0 radical (unpaired) electrons. The van der Waals surface area contributed by atoms with Crippen LogP contribution in [0.2, 0.25) is 0 Å². The van der Waals surface area contributed by atoms with E-state index in [0.717, 1.165) is 19.5 Å². The average molecular weight is 273 g/mol. The molecule has 1 fully saturated rings. The van der Waals surface area contributed by atoms with E-state index in [0.29, 0.717) is 18.3 Å². The van der Waals surface area contributed by atoms with E-state index in [-0.39, 0.29) is 5.56 Å². The highest BCUT2D eigenvalue weighted by molar-refractivity contribution is 5.02. The minimum absolute atomic E-state index is 0.00844. The van der Waals surface area contributed by atoms with Crippen molar-refractivity contribution in [1.29, 1.82) is 0 Å². The predicted octanol–water partition coefficient (Wildman–Crippen LogP) is 0.732. The summed E-state index contributed by atoms with van der Waals surface area (Å²) in [5.41, 5.74) is 1.79. The summed E-state index contributed by atoms with van der Waals surface area (Å²) in [6.07, 6.45) is 8.39. The zero-order chi connectivity index (χ0) is 14.1. The lowest BCUT2D eigenvalue weighted by Crippen LogP contribution is -2.29. The zero-order valence-electron chi connectivity index (χ0n) is 11.9. The van der Waals surface area contributed by atoms with Gasteiger partial charge in [-0.1, -0.05) is 0 Å². The summed E-state index contributed by atoms with van der Waals surface area (Å²) in [4.78, 5) is 18.4. The standard InChI is InChI=1S/C14H19N5O/c1-11-7-16-19(8-11)12-3-5-18(9-12)10-13-14(20)17(2)6-4-15-13/h4,6-8,12H,3,5,9-10H2,1-2H3. The van der Waals surface area contributed by atoms with Crippen molar-refractivity contribution in [2.75, 3.05) is 13.1 Å². The second-order valence-corrected chi connectivity index (χ2v) is 5.47. The van der Waals surface area contributed by atoms with Crippen molar-refractivity contribution in [3.63, 3.8) is 0 Å². The molecule has 1 saturated heterocycles. The van der Waals surface area contributed by atoms with Crippen LogP contribution in [-0.2, 0) is 13.6 Å². The summed E-state index contributed by atoms with van der Waals surface area (Å²) in [7, 11) is 1.76. The highest BCUT2D eigenvalue weighted by atomic mass is 16.1. The molecule has 3 rings (SSSR count). The number of hydrogen-bond donors (Lipinski definition) is 0. The molecule has 106 valence electrons. The summed E-state index contributed by atoms with van der Waals surface area (Å²) in [5, 5.41) is 4.38. The number of aryl methyl sites for hydroxylation is 2. The van der Waals surface area contributed by atoms with Crippen LogP contribution < -0.4 is 5.56 Å². The second kappa shape index (κ2) is 5.20. The zero-order valence-corrected chi connectivity index (χ0v) is 11.9. The Morgan fingerprint density at radius 1 is 1.45 bits per heavy atom. The molecular weight excluding hydrogens is 254 g/mol. The first-order chi connectivity index (χ1) is 9.63. The minimum atomic E-state index is -0.00844. The Morgan fingerprint density at radius 2 is 2.30 bits per heavy atom. The molecule has 0 amide bonds. The fraction of sp³-hybridized carbons (Fsp3) is 0.500. The van der Waals surface area contributed by atoms with Gasteiger partial charge < -0.3 is 4.57 Å². The molecule has 0 bridgehead atoms. The van der Waals surface area contributed by atoms with Crippen molar-refractivity contribution in [2.24, 2.45) is 7.05 Å². The van der Waals surface area contributed by atoms with Gasteiger partial charge in [-0.15, -0.1) is 0 Å². The highest BCUT2D eigenvalue weighted by Gasteiger charge is 2.25. The molecule has 0 spiro atoms. The minimum Gasteiger partial charge on any atom is -0.315 e. The van der Waals surface area contributed by atoms with E-state index >= 15 is 0 Å². The van der Waals surface area contributed by atoms with Gasteiger partial charge >= 0.3 is 0 Å². The van der Waals surface area contributed by atoms with Gasteiger partial charge in [0.15, 0.2) is 0 Å². The van der Waals surface area contributed by atoms with Crippen LogP contribution in [0.3, 0.4) is 0 Å². The van der Waals surface area contributed by atoms with Crippen LogP contribution in [0.1, 0.15) is 23.7 Å². The highest BCUT2D eigenvalue weighted by Crippen LogP contribution is 2.21. The lowest BCUT2D eigenvalue weighted by Gasteiger charge is -2.15. The molecule has 3 heterocycles. The Bertz CT molecular complexity index is 660. The maximum Gasteiger partial charge on any atom is 0.273 e. The molecule has 1 atom stereocenters. The quantitative estimate of drug-likeness (QED) is 0.827. The SMILES string of the molecule is Cc1cnn(C2CCN(Cc3nccn(C)c3=O)C2)c1. The maximum absolute atomic E-state index is 12.0. The van der Waals surface area contributed by atoms with E-state index in [1.54, 1.807) is 24.0 Å². The van der Waals surface area contributed by atoms with Gasteiger partial charge in [-0.25, -0.2) is 0 Å². The Kier molecular flexibility index (Phi) is 3.40. The Hall–Kier alpha value is -1.95. The van der Waals surface area contributed by atoms with E-state index in [4.69, 9.17) is 0 Å². The van der Waals surface area contributed by atoms with Crippen molar-refractivity contribution in [3.05, 3.63) is 46.4 Å². The molecule has 1 aliphatic heterocycles. The fourth-order valence-corrected chi connectivity index (χ4v) is 2.67. The van der Waals surface area contributed by atoms with Gasteiger partial charge in [0, 0.05) is 45.3 Å². The van der Waals surface area contributed by atoms with Crippen LogP contribution in [0.25, 0.3) is 0 Å². The Labute approximate surface area is 117 Å². The van der Waals surface area contributed by atoms with Gasteiger partial charge in [-0.2, -0.15) is 5.10 Å². The molecule has 2 aromatic rings. The molecule has 20 heavy (non-hydrogen) atoms. The number of rotatable bonds is 3. The van der Waals surface area contributed by atoms with Crippen molar-refractivity contribution < 1.29 is 0 Å². The largest absolute Gasteiger partial charge is 0.315 e. The third-order valence-corrected chi connectivity index (χ3v) is 3.81. The molecule has 0 N–H and O–H groups in total. The third-order valence-electron chi connectivity index (χ3n) is 3.81. The average Bonchev–Trinajstić information content (AvgIpc) is 3.04. The Balaban J connectivity index is 1.69. The van der Waals surface area contributed by atoms with Crippen LogP contribution in [0.15, 0.2) is 29.6 Å². The summed E-state index contributed by atoms with van der Waals surface area (Å²) in [6, 6.07) is 0.399. The molecular formula is C14H19N5O. The summed E-state index contributed by atoms with van der Waals surface area (Å²) in [5.74, 6) is 0. The summed E-state index contributed by atoms with van der Waals surface area (Å²) in [6.45, 7) is 4.56. The molecule has 1 aliphatic rings. The smallest absolute Gasteiger partial charge is 0.273 e. The molecule has 0 saturated carbocycles. The normalized spacial score (nSPS) is 19.6. The van der Waals surface area contributed by atoms with E-state index in [1.807, 2.05) is 17.8 Å². The molecule has 2 aromatic heterocycles. The van der Waals surface area contributed by atoms with Gasteiger partial charge in [0.25, 0.3) is 5.56 Å². The van der Waals surface area contributed by atoms with E-state index < -0.39 is 0 Å². The summed E-state index contributed by atoms with van der Waals surface area (Å²) >= 11 is 0. The molecule has 6 heteroatoms. The van der Waals surface area contributed by atoms with Gasteiger partial charge in [-0.3, -0.25) is 19.4 Å². The number of nitrogens with zero attached hydrogens (tertiary/aromatic N) is 5. The van der Waals surface area contributed by atoms with Gasteiger partial charge in [0.1, 0.15) is 5.69 Å². The number of likely N-dealkylation sites (tertiary alicyclic amines) is 1. The summed E-state index contributed by atoms with van der Waals surface area (Å²) < 4.78 is 3.61. The Morgan fingerprint density at radius 3 is 3.05 bits per heavy atom. The van der Waals surface area contributed by atoms with Crippen LogP contribution in [-0.4, -0.2) is 37.3 Å². The van der Waals surface area contributed by atoms with Gasteiger partial charge in [0.05, 0.1) is 12.2 Å².